The Labute approximate surface area is 119 Å². The summed E-state index contributed by atoms with van der Waals surface area (Å²) in [5, 5.41) is 7.46. The summed E-state index contributed by atoms with van der Waals surface area (Å²) in [6.07, 6.45) is 0.206. The van der Waals surface area contributed by atoms with Crippen LogP contribution in [0.2, 0.25) is 0 Å². The van der Waals surface area contributed by atoms with Crippen LogP contribution in [0.4, 0.5) is 5.69 Å². The van der Waals surface area contributed by atoms with Crippen LogP contribution in [0.1, 0.15) is 6.42 Å². The van der Waals surface area contributed by atoms with Crippen LogP contribution in [-0.2, 0) is 9.59 Å². The van der Waals surface area contributed by atoms with Crippen molar-refractivity contribution in [3.63, 3.8) is 0 Å². The summed E-state index contributed by atoms with van der Waals surface area (Å²) < 4.78 is 1.12. The topological polar surface area (TPSA) is 74.8 Å². The lowest BCUT2D eigenvalue weighted by Gasteiger charge is -2.19. The quantitative estimate of drug-likeness (QED) is 0.647. The molecule has 0 spiro atoms. The highest BCUT2D eigenvalue weighted by atomic mass is 127. The van der Waals surface area contributed by atoms with E-state index in [1.54, 1.807) is 0 Å². The first-order valence-corrected chi connectivity index (χ1v) is 6.89. The SMILES string of the molecule is O=C(C[C@@H]1[NH2+]CCNC1=O)Nc1ccc(I)cc1. The molecule has 0 radical (unpaired) electrons. The highest BCUT2D eigenvalue weighted by molar-refractivity contribution is 14.1. The van der Waals surface area contributed by atoms with Gasteiger partial charge in [0.05, 0.1) is 19.5 Å². The predicted octanol–water partition coefficient (Wildman–Crippen LogP) is -0.318. The predicted molar refractivity (Wildman–Crippen MR) is 76.0 cm³/mol. The van der Waals surface area contributed by atoms with Crippen molar-refractivity contribution in [3.8, 4) is 0 Å². The molecule has 2 rings (SSSR count). The Morgan fingerprint density at radius 2 is 2.17 bits per heavy atom. The molecule has 0 aromatic heterocycles. The summed E-state index contributed by atoms with van der Waals surface area (Å²) in [4.78, 5) is 23.3. The number of quaternary nitrogens is 1. The van der Waals surface area contributed by atoms with Gasteiger partial charge in [0.25, 0.3) is 5.91 Å². The number of nitrogens with one attached hydrogen (secondary N) is 2. The van der Waals surface area contributed by atoms with Gasteiger partial charge in [0, 0.05) is 9.26 Å². The number of halogens is 1. The van der Waals surface area contributed by atoms with Gasteiger partial charge in [0.1, 0.15) is 0 Å². The number of rotatable bonds is 3. The molecule has 1 fully saturated rings. The number of hydrogen-bond donors (Lipinski definition) is 3. The molecule has 1 aliphatic heterocycles. The summed E-state index contributed by atoms with van der Waals surface area (Å²) in [6, 6.07) is 7.25. The fraction of sp³-hybridized carbons (Fsp3) is 0.333. The molecule has 1 aromatic carbocycles. The average molecular weight is 360 g/mol. The van der Waals surface area contributed by atoms with Crippen molar-refractivity contribution in [2.24, 2.45) is 0 Å². The number of piperazine rings is 1. The van der Waals surface area contributed by atoms with Crippen molar-refractivity contribution in [1.29, 1.82) is 0 Å². The minimum Gasteiger partial charge on any atom is -0.345 e. The molecule has 4 N–H and O–H groups in total. The van der Waals surface area contributed by atoms with Gasteiger partial charge >= 0.3 is 0 Å². The van der Waals surface area contributed by atoms with E-state index in [9.17, 15) is 9.59 Å². The first-order valence-electron chi connectivity index (χ1n) is 5.81. The van der Waals surface area contributed by atoms with Crippen molar-refractivity contribution < 1.29 is 14.9 Å². The Kier molecular flexibility index (Phi) is 4.54. The van der Waals surface area contributed by atoms with Crippen LogP contribution in [-0.4, -0.2) is 30.9 Å². The van der Waals surface area contributed by atoms with Crippen molar-refractivity contribution in [1.82, 2.24) is 5.32 Å². The first kappa shape index (κ1) is 13.3. The van der Waals surface area contributed by atoms with Gasteiger partial charge in [-0.1, -0.05) is 0 Å². The van der Waals surface area contributed by atoms with E-state index in [2.05, 4.69) is 33.2 Å². The third-order valence-corrected chi connectivity index (χ3v) is 3.48. The fourth-order valence-corrected chi connectivity index (χ4v) is 2.20. The zero-order valence-electron chi connectivity index (χ0n) is 9.78. The van der Waals surface area contributed by atoms with E-state index in [4.69, 9.17) is 0 Å². The average Bonchev–Trinajstić information content (AvgIpc) is 2.35. The van der Waals surface area contributed by atoms with Crippen LogP contribution in [0.15, 0.2) is 24.3 Å². The first-order chi connectivity index (χ1) is 8.65. The van der Waals surface area contributed by atoms with Gasteiger partial charge in [-0.2, -0.15) is 0 Å². The van der Waals surface area contributed by atoms with Crippen LogP contribution in [0, 0.1) is 3.57 Å². The molecule has 0 bridgehead atoms. The fourth-order valence-electron chi connectivity index (χ4n) is 1.84. The van der Waals surface area contributed by atoms with Crippen molar-refractivity contribution >= 4 is 40.1 Å². The van der Waals surface area contributed by atoms with Crippen molar-refractivity contribution in [2.45, 2.75) is 12.5 Å². The molecule has 0 aliphatic carbocycles. The molecule has 1 heterocycles. The summed E-state index contributed by atoms with van der Waals surface area (Å²) >= 11 is 2.21. The summed E-state index contributed by atoms with van der Waals surface area (Å²) in [5.41, 5.74) is 0.761. The molecule has 6 heteroatoms. The molecule has 18 heavy (non-hydrogen) atoms. The molecular formula is C12H15IN3O2+. The van der Waals surface area contributed by atoms with Gasteiger partial charge in [-0.3, -0.25) is 9.59 Å². The minimum absolute atomic E-state index is 0.0565. The molecular weight excluding hydrogens is 345 g/mol. The standard InChI is InChI=1S/C12H14IN3O2/c13-8-1-3-9(4-2-8)16-11(17)7-10-12(18)15-6-5-14-10/h1-4,10,14H,5-7H2,(H,15,18)(H,16,17)/p+1/t10-/m0/s1. The second-order valence-electron chi connectivity index (χ2n) is 4.18. The molecule has 1 atom stereocenters. The summed E-state index contributed by atoms with van der Waals surface area (Å²) in [7, 11) is 0. The van der Waals surface area contributed by atoms with E-state index < -0.39 is 0 Å². The lowest BCUT2D eigenvalue weighted by molar-refractivity contribution is -0.678. The number of carbonyl (C=O) groups is 2. The van der Waals surface area contributed by atoms with E-state index >= 15 is 0 Å². The number of benzene rings is 1. The largest absolute Gasteiger partial charge is 0.345 e. The Balaban J connectivity index is 1.88. The van der Waals surface area contributed by atoms with Gasteiger partial charge in [-0.25, -0.2) is 0 Å². The van der Waals surface area contributed by atoms with Gasteiger partial charge in [0.15, 0.2) is 6.04 Å². The zero-order valence-corrected chi connectivity index (χ0v) is 11.9. The van der Waals surface area contributed by atoms with Crippen LogP contribution in [0.5, 0.6) is 0 Å². The maximum Gasteiger partial charge on any atom is 0.278 e. The van der Waals surface area contributed by atoms with Crippen LogP contribution >= 0.6 is 22.6 Å². The van der Waals surface area contributed by atoms with E-state index in [0.717, 1.165) is 15.8 Å². The third-order valence-electron chi connectivity index (χ3n) is 2.76. The number of anilines is 1. The second kappa shape index (κ2) is 6.14. The Morgan fingerprint density at radius 3 is 2.83 bits per heavy atom. The Morgan fingerprint density at radius 1 is 1.44 bits per heavy atom. The smallest absolute Gasteiger partial charge is 0.278 e. The minimum atomic E-state index is -0.303. The van der Waals surface area contributed by atoms with Crippen LogP contribution in [0.25, 0.3) is 0 Å². The molecule has 1 saturated heterocycles. The number of carbonyl (C=O) groups excluding carboxylic acids is 2. The normalized spacial score (nSPS) is 19.2. The molecule has 0 saturated carbocycles. The van der Waals surface area contributed by atoms with Crippen LogP contribution in [0.3, 0.4) is 0 Å². The van der Waals surface area contributed by atoms with Gasteiger partial charge < -0.3 is 16.0 Å². The van der Waals surface area contributed by atoms with Crippen molar-refractivity contribution in [3.05, 3.63) is 27.8 Å². The lowest BCUT2D eigenvalue weighted by Crippen LogP contribution is -2.96. The molecule has 5 nitrogen and oxygen atoms in total. The highest BCUT2D eigenvalue weighted by Gasteiger charge is 2.27. The number of nitrogens with two attached hydrogens (primary N) is 1. The van der Waals surface area contributed by atoms with Gasteiger partial charge in [0.2, 0.25) is 5.91 Å². The molecule has 96 valence electrons. The molecule has 2 amide bonds. The summed E-state index contributed by atoms with van der Waals surface area (Å²) in [5.74, 6) is -0.187. The maximum absolute atomic E-state index is 11.8. The zero-order chi connectivity index (χ0) is 13.0. The Bertz CT molecular complexity index is 447. The van der Waals surface area contributed by atoms with E-state index in [0.29, 0.717) is 6.54 Å². The summed E-state index contributed by atoms with van der Waals surface area (Å²) in [6.45, 7) is 1.50. The molecule has 1 aliphatic rings. The second-order valence-corrected chi connectivity index (χ2v) is 5.43. The lowest BCUT2D eigenvalue weighted by atomic mass is 10.1. The van der Waals surface area contributed by atoms with Gasteiger partial charge in [-0.15, -0.1) is 0 Å². The highest BCUT2D eigenvalue weighted by Crippen LogP contribution is 2.11. The van der Waals surface area contributed by atoms with E-state index in [1.165, 1.54) is 0 Å². The van der Waals surface area contributed by atoms with E-state index in [-0.39, 0.29) is 24.3 Å². The third kappa shape index (κ3) is 3.67. The number of amides is 2. The van der Waals surface area contributed by atoms with Crippen molar-refractivity contribution in [2.75, 3.05) is 18.4 Å². The monoisotopic (exact) mass is 360 g/mol. The van der Waals surface area contributed by atoms with Gasteiger partial charge in [-0.05, 0) is 46.9 Å². The Hall–Kier alpha value is -1.15. The molecule has 0 unspecified atom stereocenters. The number of hydrogen-bond acceptors (Lipinski definition) is 2. The molecule has 1 aromatic rings. The van der Waals surface area contributed by atoms with E-state index in [1.807, 2.05) is 29.6 Å². The van der Waals surface area contributed by atoms with Crippen LogP contribution < -0.4 is 16.0 Å². The maximum atomic E-state index is 11.8.